The van der Waals surface area contributed by atoms with Crippen molar-refractivity contribution in [1.29, 1.82) is 0 Å². The molecule has 162 valence electrons. The molecule has 30 heavy (non-hydrogen) atoms. The van der Waals surface area contributed by atoms with Crippen molar-refractivity contribution >= 4 is 17.4 Å². The summed E-state index contributed by atoms with van der Waals surface area (Å²) in [5.74, 6) is 0.769. The molecule has 1 atom stereocenters. The number of likely N-dealkylation sites (tertiary alicyclic amines) is 1. The van der Waals surface area contributed by atoms with Crippen LogP contribution in [0.1, 0.15) is 56.7 Å². The first-order valence-corrected chi connectivity index (χ1v) is 10.9. The zero-order valence-corrected chi connectivity index (χ0v) is 17.9. The summed E-state index contributed by atoms with van der Waals surface area (Å²) in [6, 6.07) is 5.18. The maximum absolute atomic E-state index is 14.8. The number of hydrogen-bond donors (Lipinski definition) is 1. The third-order valence-electron chi connectivity index (χ3n) is 6.52. The number of amides is 2. The number of anilines is 2. The van der Waals surface area contributed by atoms with Crippen LogP contribution >= 0.6 is 0 Å². The monoisotopic (exact) mass is 414 g/mol. The van der Waals surface area contributed by atoms with Crippen LogP contribution in [-0.2, 0) is 7.05 Å². The molecule has 1 aliphatic heterocycles. The molecule has 1 N–H and O–H groups in total. The van der Waals surface area contributed by atoms with Gasteiger partial charge >= 0.3 is 6.03 Å². The molecule has 2 aliphatic rings. The summed E-state index contributed by atoms with van der Waals surface area (Å²) in [4.78, 5) is 16.6. The summed E-state index contributed by atoms with van der Waals surface area (Å²) in [7, 11) is 3.88. The van der Waals surface area contributed by atoms with Crippen LogP contribution in [0.15, 0.2) is 24.5 Å². The quantitative estimate of drug-likeness (QED) is 0.817. The van der Waals surface area contributed by atoms with Crippen LogP contribution in [0.4, 0.5) is 20.6 Å². The lowest BCUT2D eigenvalue weighted by Crippen LogP contribution is -2.42. The first-order chi connectivity index (χ1) is 14.5. The van der Waals surface area contributed by atoms with Crippen molar-refractivity contribution in [3.63, 3.8) is 0 Å². The van der Waals surface area contributed by atoms with Gasteiger partial charge in [0.25, 0.3) is 0 Å². The standard InChI is InChI=1S/C22H31FN6O/c1-27-15-24-26-21(27)16-7-6-12-29(14-16)22(30)25-17-10-11-20(19(23)13-17)28(2)18-8-4-3-5-9-18/h10-11,13,15-16,18H,3-9,12,14H2,1-2H3,(H,25,30)/t16-/m0/s1. The highest BCUT2D eigenvalue weighted by atomic mass is 19.1. The molecule has 0 unspecified atom stereocenters. The molecule has 2 fully saturated rings. The number of carbonyl (C=O) groups is 1. The molecule has 1 aromatic carbocycles. The Balaban J connectivity index is 1.39. The molecule has 8 heteroatoms. The average Bonchev–Trinajstić information content (AvgIpc) is 3.20. The van der Waals surface area contributed by atoms with Crippen molar-refractivity contribution in [2.24, 2.45) is 7.05 Å². The van der Waals surface area contributed by atoms with Crippen LogP contribution in [-0.4, -0.2) is 51.9 Å². The molecule has 7 nitrogen and oxygen atoms in total. The van der Waals surface area contributed by atoms with E-state index >= 15 is 0 Å². The van der Waals surface area contributed by atoms with Gasteiger partial charge in [-0.25, -0.2) is 9.18 Å². The molecule has 1 saturated heterocycles. The number of benzene rings is 1. The Morgan fingerprint density at radius 2 is 2.00 bits per heavy atom. The molecule has 1 aromatic heterocycles. The molecular formula is C22H31FN6O. The Labute approximate surface area is 177 Å². The largest absolute Gasteiger partial charge is 0.369 e. The van der Waals surface area contributed by atoms with E-state index in [1.807, 2.05) is 18.7 Å². The minimum absolute atomic E-state index is 0.167. The lowest BCUT2D eigenvalue weighted by molar-refractivity contribution is 0.190. The summed E-state index contributed by atoms with van der Waals surface area (Å²) in [5, 5.41) is 11.0. The Morgan fingerprint density at radius 3 is 2.70 bits per heavy atom. The van der Waals surface area contributed by atoms with Gasteiger partial charge in [-0.1, -0.05) is 19.3 Å². The van der Waals surface area contributed by atoms with Crippen LogP contribution in [0.5, 0.6) is 0 Å². The van der Waals surface area contributed by atoms with Gasteiger partial charge in [-0.05, 0) is 43.9 Å². The summed E-state index contributed by atoms with van der Waals surface area (Å²) < 4.78 is 16.7. The predicted octanol–water partition coefficient (Wildman–Crippen LogP) is 4.13. The smallest absolute Gasteiger partial charge is 0.321 e. The lowest BCUT2D eigenvalue weighted by atomic mass is 9.94. The first kappa shape index (κ1) is 20.6. The highest BCUT2D eigenvalue weighted by molar-refractivity contribution is 5.89. The van der Waals surface area contributed by atoms with E-state index in [4.69, 9.17) is 0 Å². The molecular weight excluding hydrogens is 383 g/mol. The van der Waals surface area contributed by atoms with E-state index in [-0.39, 0.29) is 17.8 Å². The number of hydrogen-bond acceptors (Lipinski definition) is 4. The van der Waals surface area contributed by atoms with Gasteiger partial charge in [0.05, 0.1) is 5.69 Å². The predicted molar refractivity (Wildman–Crippen MR) is 115 cm³/mol. The highest BCUT2D eigenvalue weighted by Gasteiger charge is 2.28. The summed E-state index contributed by atoms with van der Waals surface area (Å²) >= 11 is 0. The van der Waals surface area contributed by atoms with Gasteiger partial charge in [0.1, 0.15) is 18.0 Å². The number of piperidine rings is 1. The summed E-state index contributed by atoms with van der Waals surface area (Å²) in [5.41, 5.74) is 1.08. The van der Waals surface area contributed by atoms with E-state index in [2.05, 4.69) is 20.4 Å². The first-order valence-electron chi connectivity index (χ1n) is 10.9. The van der Waals surface area contributed by atoms with Gasteiger partial charge in [0, 0.05) is 44.8 Å². The van der Waals surface area contributed by atoms with Crippen molar-refractivity contribution < 1.29 is 9.18 Å². The zero-order chi connectivity index (χ0) is 21.1. The van der Waals surface area contributed by atoms with E-state index in [9.17, 15) is 9.18 Å². The number of nitrogens with zero attached hydrogens (tertiary/aromatic N) is 5. The number of aryl methyl sites for hydroxylation is 1. The van der Waals surface area contributed by atoms with Crippen LogP contribution in [0, 0.1) is 5.82 Å². The second-order valence-electron chi connectivity index (χ2n) is 8.58. The van der Waals surface area contributed by atoms with E-state index in [1.165, 1.54) is 25.3 Å². The van der Waals surface area contributed by atoms with E-state index in [1.54, 1.807) is 23.4 Å². The molecule has 2 heterocycles. The Bertz CT molecular complexity index is 878. The average molecular weight is 415 g/mol. The van der Waals surface area contributed by atoms with Crippen LogP contribution in [0.25, 0.3) is 0 Å². The van der Waals surface area contributed by atoms with Crippen LogP contribution < -0.4 is 10.2 Å². The summed E-state index contributed by atoms with van der Waals surface area (Å²) in [6.45, 7) is 1.27. The topological polar surface area (TPSA) is 66.3 Å². The van der Waals surface area contributed by atoms with Crippen molar-refractivity contribution in [2.75, 3.05) is 30.4 Å². The Kier molecular flexibility index (Phi) is 6.20. The fourth-order valence-corrected chi connectivity index (χ4v) is 4.77. The van der Waals surface area contributed by atoms with Gasteiger partial charge < -0.3 is 19.7 Å². The van der Waals surface area contributed by atoms with Gasteiger partial charge in [-0.3, -0.25) is 0 Å². The fourth-order valence-electron chi connectivity index (χ4n) is 4.77. The number of rotatable bonds is 4. The van der Waals surface area contributed by atoms with Crippen molar-refractivity contribution in [1.82, 2.24) is 19.7 Å². The van der Waals surface area contributed by atoms with E-state index in [0.717, 1.165) is 31.5 Å². The molecule has 0 radical (unpaired) electrons. The molecule has 0 bridgehead atoms. The van der Waals surface area contributed by atoms with Crippen molar-refractivity contribution in [3.05, 3.63) is 36.2 Å². The number of urea groups is 1. The van der Waals surface area contributed by atoms with E-state index < -0.39 is 0 Å². The number of nitrogens with one attached hydrogen (secondary N) is 1. The Hall–Kier alpha value is -2.64. The third-order valence-corrected chi connectivity index (χ3v) is 6.52. The van der Waals surface area contributed by atoms with Gasteiger partial charge in [-0.15, -0.1) is 10.2 Å². The summed E-state index contributed by atoms with van der Waals surface area (Å²) in [6.07, 6.45) is 9.46. The molecule has 1 saturated carbocycles. The minimum atomic E-state index is -0.295. The molecule has 1 aliphatic carbocycles. The molecule has 2 aromatic rings. The molecule has 2 amide bonds. The van der Waals surface area contributed by atoms with Gasteiger partial charge in [0.15, 0.2) is 0 Å². The number of carbonyl (C=O) groups excluding carboxylic acids is 1. The second-order valence-corrected chi connectivity index (χ2v) is 8.58. The third kappa shape index (κ3) is 4.42. The normalized spacial score (nSPS) is 20.2. The zero-order valence-electron chi connectivity index (χ0n) is 17.9. The number of aromatic nitrogens is 3. The maximum Gasteiger partial charge on any atom is 0.321 e. The second kappa shape index (κ2) is 9.02. The SMILES string of the molecule is CN(c1ccc(NC(=O)N2CCC[C@H](c3nncn3C)C2)cc1F)C1CCCCC1. The lowest BCUT2D eigenvalue weighted by Gasteiger charge is -2.33. The highest BCUT2D eigenvalue weighted by Crippen LogP contribution is 2.30. The van der Waals surface area contributed by atoms with Gasteiger partial charge in [-0.2, -0.15) is 0 Å². The van der Waals surface area contributed by atoms with Crippen molar-refractivity contribution in [2.45, 2.75) is 56.9 Å². The Morgan fingerprint density at radius 1 is 1.20 bits per heavy atom. The van der Waals surface area contributed by atoms with E-state index in [0.29, 0.717) is 30.5 Å². The maximum atomic E-state index is 14.8. The molecule has 4 rings (SSSR count). The minimum Gasteiger partial charge on any atom is -0.369 e. The fraction of sp³-hybridized carbons (Fsp3) is 0.591. The van der Waals surface area contributed by atoms with Gasteiger partial charge in [0.2, 0.25) is 0 Å². The van der Waals surface area contributed by atoms with Crippen LogP contribution in [0.2, 0.25) is 0 Å². The van der Waals surface area contributed by atoms with Crippen LogP contribution in [0.3, 0.4) is 0 Å². The van der Waals surface area contributed by atoms with Crippen molar-refractivity contribution in [3.8, 4) is 0 Å². The number of halogens is 1. The molecule has 0 spiro atoms.